The summed E-state index contributed by atoms with van der Waals surface area (Å²) in [4.78, 5) is 6.78. The minimum atomic E-state index is -0.422. The molecule has 0 fully saturated rings. The third kappa shape index (κ3) is 5.91. The van der Waals surface area contributed by atoms with Crippen LogP contribution in [0.25, 0.3) is 11.3 Å². The lowest BCUT2D eigenvalue weighted by Gasteiger charge is -2.21. The van der Waals surface area contributed by atoms with Gasteiger partial charge in [0.1, 0.15) is 22.2 Å². The molecule has 1 atom stereocenters. The molecule has 0 radical (unpaired) electrons. The topological polar surface area (TPSA) is 93.2 Å². The SMILES string of the molecule is CCCCC(Oc1ccc(C(N)=NO)cc1)Oc1ccc(-c2nc(C)sc2N(C)C)cc1. The Kier molecular flexibility index (Phi) is 7.94. The zero-order valence-corrected chi connectivity index (χ0v) is 19.7. The highest BCUT2D eigenvalue weighted by atomic mass is 32.1. The maximum absolute atomic E-state index is 8.81. The van der Waals surface area contributed by atoms with Crippen LogP contribution in [0.4, 0.5) is 5.00 Å². The van der Waals surface area contributed by atoms with Gasteiger partial charge in [0.25, 0.3) is 0 Å². The second kappa shape index (κ2) is 10.9. The van der Waals surface area contributed by atoms with Gasteiger partial charge in [-0.1, -0.05) is 18.5 Å². The van der Waals surface area contributed by atoms with E-state index in [0.717, 1.165) is 46.3 Å². The van der Waals surface area contributed by atoms with Gasteiger partial charge >= 0.3 is 0 Å². The van der Waals surface area contributed by atoms with E-state index in [4.69, 9.17) is 25.4 Å². The van der Waals surface area contributed by atoms with Gasteiger partial charge in [0.2, 0.25) is 6.29 Å². The molecule has 0 bridgehead atoms. The number of aromatic nitrogens is 1. The van der Waals surface area contributed by atoms with E-state index < -0.39 is 6.29 Å². The molecule has 1 aromatic heterocycles. The van der Waals surface area contributed by atoms with E-state index in [-0.39, 0.29) is 5.84 Å². The van der Waals surface area contributed by atoms with Crippen molar-refractivity contribution in [3.8, 4) is 22.8 Å². The first kappa shape index (κ1) is 23.4. The predicted octanol–water partition coefficient (Wildman–Crippen LogP) is 5.25. The van der Waals surface area contributed by atoms with E-state index in [1.54, 1.807) is 35.6 Å². The first-order valence-electron chi connectivity index (χ1n) is 10.6. The summed E-state index contributed by atoms with van der Waals surface area (Å²) in [6, 6.07) is 15.0. The van der Waals surface area contributed by atoms with Gasteiger partial charge in [-0.15, -0.1) is 11.3 Å². The number of aryl methyl sites for hydroxylation is 1. The molecule has 1 heterocycles. The Hall–Kier alpha value is -3.26. The monoisotopic (exact) mass is 454 g/mol. The second-order valence-corrected chi connectivity index (χ2v) is 8.80. The van der Waals surface area contributed by atoms with E-state index in [2.05, 4.69) is 17.0 Å². The van der Waals surface area contributed by atoms with Crippen LogP contribution < -0.4 is 20.1 Å². The van der Waals surface area contributed by atoms with Gasteiger partial charge in [0, 0.05) is 31.6 Å². The van der Waals surface area contributed by atoms with E-state index in [9.17, 15) is 0 Å². The average molecular weight is 455 g/mol. The van der Waals surface area contributed by atoms with Crippen molar-refractivity contribution in [2.45, 2.75) is 39.4 Å². The van der Waals surface area contributed by atoms with Crippen LogP contribution in [0.5, 0.6) is 11.5 Å². The number of hydrogen-bond donors (Lipinski definition) is 2. The van der Waals surface area contributed by atoms with Gasteiger partial charge in [0.05, 0.1) is 5.01 Å². The van der Waals surface area contributed by atoms with E-state index in [1.807, 2.05) is 45.3 Å². The molecule has 0 saturated carbocycles. The van der Waals surface area contributed by atoms with Crippen LogP contribution in [0.15, 0.2) is 53.7 Å². The molecule has 0 saturated heterocycles. The van der Waals surface area contributed by atoms with Crippen molar-refractivity contribution in [2.24, 2.45) is 10.9 Å². The molecule has 0 aliphatic carbocycles. The van der Waals surface area contributed by atoms with Crippen LogP contribution >= 0.6 is 11.3 Å². The van der Waals surface area contributed by atoms with E-state index >= 15 is 0 Å². The van der Waals surface area contributed by atoms with Crippen molar-refractivity contribution in [1.29, 1.82) is 0 Å². The highest BCUT2D eigenvalue weighted by Crippen LogP contribution is 2.35. The molecule has 2 aromatic carbocycles. The highest BCUT2D eigenvalue weighted by Gasteiger charge is 2.15. The Balaban J connectivity index is 1.73. The number of amidine groups is 1. The van der Waals surface area contributed by atoms with Gasteiger partial charge in [-0.05, 0) is 61.9 Å². The van der Waals surface area contributed by atoms with Crippen molar-refractivity contribution < 1.29 is 14.7 Å². The van der Waals surface area contributed by atoms with Gasteiger partial charge in [-0.25, -0.2) is 4.98 Å². The molecular formula is C24H30N4O3S. The maximum Gasteiger partial charge on any atom is 0.241 e. The normalized spacial score (nSPS) is 12.4. The lowest BCUT2D eigenvalue weighted by molar-refractivity contribution is -0.00211. The number of nitrogens with two attached hydrogens (primary N) is 1. The number of hydrogen-bond acceptors (Lipinski definition) is 7. The quantitative estimate of drug-likeness (QED) is 0.143. The summed E-state index contributed by atoms with van der Waals surface area (Å²) in [6.07, 6.45) is 2.36. The number of rotatable bonds is 10. The summed E-state index contributed by atoms with van der Waals surface area (Å²) >= 11 is 1.68. The number of ether oxygens (including phenoxy) is 2. The summed E-state index contributed by atoms with van der Waals surface area (Å²) in [5, 5.41) is 14.0. The number of benzene rings is 2. The molecule has 0 amide bonds. The van der Waals surface area contributed by atoms with Crippen LogP contribution in [-0.2, 0) is 0 Å². The van der Waals surface area contributed by atoms with Crippen LogP contribution in [0.2, 0.25) is 0 Å². The van der Waals surface area contributed by atoms with Gasteiger partial charge in [-0.3, -0.25) is 0 Å². The average Bonchev–Trinajstić information content (AvgIpc) is 3.20. The fourth-order valence-electron chi connectivity index (χ4n) is 3.18. The van der Waals surface area contributed by atoms with Gasteiger partial charge < -0.3 is 25.3 Å². The summed E-state index contributed by atoms with van der Waals surface area (Å²) in [5.41, 5.74) is 8.28. The standard InChI is InChI=1S/C24H30N4O3S/c1-5-6-7-21(31-20-14-10-18(11-15-20)23(25)27-29)30-19-12-8-17(9-13-19)22-24(28(3)4)32-16(2)26-22/h8-15,21,29H,5-7H2,1-4H3,(H2,25,27). The number of anilines is 1. The van der Waals surface area contributed by atoms with Crippen LogP contribution in [0.3, 0.4) is 0 Å². The Bertz CT molecular complexity index is 1030. The molecular weight excluding hydrogens is 424 g/mol. The fourth-order valence-corrected chi connectivity index (χ4v) is 4.04. The van der Waals surface area contributed by atoms with Crippen molar-refractivity contribution in [1.82, 2.24) is 4.98 Å². The Labute approximate surface area is 193 Å². The lowest BCUT2D eigenvalue weighted by Crippen LogP contribution is -2.24. The van der Waals surface area contributed by atoms with Gasteiger partial charge in [0.15, 0.2) is 5.84 Å². The zero-order valence-electron chi connectivity index (χ0n) is 18.9. The van der Waals surface area contributed by atoms with Crippen molar-refractivity contribution in [3.63, 3.8) is 0 Å². The Morgan fingerprint density at radius 1 is 1.09 bits per heavy atom. The van der Waals surface area contributed by atoms with E-state index in [0.29, 0.717) is 11.3 Å². The minimum Gasteiger partial charge on any atom is -0.455 e. The third-order valence-corrected chi connectivity index (χ3v) is 5.97. The maximum atomic E-state index is 8.81. The summed E-state index contributed by atoms with van der Waals surface area (Å²) in [5.74, 6) is 1.45. The summed E-state index contributed by atoms with van der Waals surface area (Å²) < 4.78 is 12.2. The molecule has 0 aliphatic heterocycles. The lowest BCUT2D eigenvalue weighted by atomic mass is 10.1. The minimum absolute atomic E-state index is 0.0585. The molecule has 3 N–H and O–H groups in total. The Morgan fingerprint density at radius 3 is 2.22 bits per heavy atom. The van der Waals surface area contributed by atoms with Crippen molar-refractivity contribution >= 4 is 22.2 Å². The third-order valence-electron chi connectivity index (χ3n) is 4.84. The smallest absolute Gasteiger partial charge is 0.241 e. The summed E-state index contributed by atoms with van der Waals surface area (Å²) in [7, 11) is 4.06. The van der Waals surface area contributed by atoms with Crippen LogP contribution in [-0.4, -0.2) is 36.4 Å². The molecule has 170 valence electrons. The van der Waals surface area contributed by atoms with Crippen LogP contribution in [0, 0.1) is 6.92 Å². The molecule has 1 unspecified atom stereocenters. The highest BCUT2D eigenvalue weighted by molar-refractivity contribution is 7.16. The molecule has 8 heteroatoms. The van der Waals surface area contributed by atoms with Crippen molar-refractivity contribution in [3.05, 3.63) is 59.1 Å². The number of thiazole rings is 1. The molecule has 7 nitrogen and oxygen atoms in total. The first-order valence-corrected chi connectivity index (χ1v) is 11.4. The van der Waals surface area contributed by atoms with Crippen molar-refractivity contribution in [2.75, 3.05) is 19.0 Å². The Morgan fingerprint density at radius 2 is 1.69 bits per heavy atom. The zero-order chi connectivity index (χ0) is 23.1. The first-order chi connectivity index (χ1) is 15.4. The molecule has 32 heavy (non-hydrogen) atoms. The molecule has 0 aliphatic rings. The number of oxime groups is 1. The molecule has 0 spiro atoms. The largest absolute Gasteiger partial charge is 0.455 e. The number of unbranched alkanes of at least 4 members (excludes halogenated alkanes) is 1. The fraction of sp³-hybridized carbons (Fsp3) is 0.333. The van der Waals surface area contributed by atoms with Crippen LogP contribution in [0.1, 0.15) is 36.8 Å². The van der Waals surface area contributed by atoms with Gasteiger partial charge in [-0.2, -0.15) is 0 Å². The van der Waals surface area contributed by atoms with E-state index in [1.165, 1.54) is 0 Å². The number of nitrogens with zero attached hydrogens (tertiary/aromatic N) is 3. The molecule has 3 aromatic rings. The summed E-state index contributed by atoms with van der Waals surface area (Å²) in [6.45, 7) is 4.15. The second-order valence-electron chi connectivity index (χ2n) is 7.62. The molecule has 3 rings (SSSR count). The predicted molar refractivity (Wildman–Crippen MR) is 130 cm³/mol.